The molecular formula is C23H18BrNO5. The number of cyclic esters (lactones) is 2. The van der Waals surface area contributed by atoms with Gasteiger partial charge in [0.25, 0.3) is 5.79 Å². The van der Waals surface area contributed by atoms with E-state index >= 15 is 0 Å². The molecule has 0 atom stereocenters. The number of phenols is 1. The number of hydrogen-bond donors (Lipinski definition) is 2. The first-order valence-electron chi connectivity index (χ1n) is 9.20. The Labute approximate surface area is 181 Å². The summed E-state index contributed by atoms with van der Waals surface area (Å²) in [4.78, 5) is 24.5. The fraction of sp³-hybridized carbons (Fsp3) is 0.130. The summed E-state index contributed by atoms with van der Waals surface area (Å²) in [7, 11) is 0. The molecule has 2 N–H and O–H groups in total. The molecule has 0 spiro atoms. The third kappa shape index (κ3) is 3.64. The number of carbonyl (C=O) groups excluding carboxylic acids is 2. The normalized spacial score (nSPS) is 15.5. The maximum atomic E-state index is 12.2. The highest BCUT2D eigenvalue weighted by atomic mass is 79.9. The van der Waals surface area contributed by atoms with Gasteiger partial charge >= 0.3 is 11.9 Å². The van der Waals surface area contributed by atoms with E-state index in [9.17, 15) is 14.7 Å². The van der Waals surface area contributed by atoms with Crippen molar-refractivity contribution in [2.45, 2.75) is 19.6 Å². The minimum absolute atomic E-state index is 0.112. The van der Waals surface area contributed by atoms with Crippen molar-refractivity contribution >= 4 is 44.3 Å². The van der Waals surface area contributed by atoms with E-state index in [2.05, 4.69) is 21.2 Å². The van der Waals surface area contributed by atoms with Crippen LogP contribution in [-0.2, 0) is 19.1 Å². The number of hydrogen-bond acceptors (Lipinski definition) is 6. The molecule has 0 unspecified atom stereocenters. The smallest absolute Gasteiger partial charge is 0.350 e. The summed E-state index contributed by atoms with van der Waals surface area (Å²) < 4.78 is 10.9. The topological polar surface area (TPSA) is 84.9 Å². The molecule has 0 aromatic heterocycles. The first-order valence-corrected chi connectivity index (χ1v) is 9.99. The summed E-state index contributed by atoms with van der Waals surface area (Å²) in [5.41, 5.74) is 1.64. The van der Waals surface area contributed by atoms with E-state index in [0.717, 1.165) is 10.8 Å². The van der Waals surface area contributed by atoms with Crippen LogP contribution in [0.1, 0.15) is 13.8 Å². The van der Waals surface area contributed by atoms with Crippen LogP contribution < -0.4 is 5.32 Å². The summed E-state index contributed by atoms with van der Waals surface area (Å²) in [6, 6.07) is 16.7. The molecule has 1 fully saturated rings. The standard InChI is InChI=1S/C23H18BrNO5/c1-23(2)29-21(27)16(22(28)30-23)12-25-20-15(8-5-9-17(20)24)19-14-7-4-3-6-13(14)10-11-18(19)26/h3-12,25-26H,1-2H3. The van der Waals surface area contributed by atoms with E-state index in [0.29, 0.717) is 21.3 Å². The molecule has 1 aliphatic rings. The van der Waals surface area contributed by atoms with E-state index in [1.54, 1.807) is 6.07 Å². The number of anilines is 1. The second-order valence-corrected chi connectivity index (χ2v) is 8.08. The third-order valence-corrected chi connectivity index (χ3v) is 5.33. The molecular weight excluding hydrogens is 450 g/mol. The van der Waals surface area contributed by atoms with Crippen molar-refractivity contribution < 1.29 is 24.2 Å². The minimum Gasteiger partial charge on any atom is -0.507 e. The largest absolute Gasteiger partial charge is 0.507 e. The number of phenolic OH excluding ortho intramolecular Hbond substituents is 1. The van der Waals surface area contributed by atoms with E-state index in [1.165, 1.54) is 20.0 Å². The molecule has 1 saturated heterocycles. The molecule has 0 radical (unpaired) electrons. The molecule has 0 saturated carbocycles. The molecule has 152 valence electrons. The number of halogens is 1. The van der Waals surface area contributed by atoms with Crippen LogP contribution in [0.2, 0.25) is 0 Å². The number of nitrogens with one attached hydrogen (secondary N) is 1. The Kier molecular flexibility index (Phi) is 4.99. The van der Waals surface area contributed by atoms with Crippen molar-refractivity contribution in [3.05, 3.63) is 70.8 Å². The molecule has 30 heavy (non-hydrogen) atoms. The molecule has 3 aromatic carbocycles. The molecule has 4 rings (SSSR count). The van der Waals surface area contributed by atoms with Crippen molar-refractivity contribution in [3.63, 3.8) is 0 Å². The van der Waals surface area contributed by atoms with Gasteiger partial charge in [0.05, 0.1) is 5.69 Å². The molecule has 7 heteroatoms. The van der Waals surface area contributed by atoms with Crippen LogP contribution in [0.4, 0.5) is 5.69 Å². The van der Waals surface area contributed by atoms with Gasteiger partial charge in [-0.05, 0) is 38.8 Å². The Bertz CT molecular complexity index is 1190. The average molecular weight is 468 g/mol. The van der Waals surface area contributed by atoms with Gasteiger partial charge in [-0.15, -0.1) is 0 Å². The number of rotatable bonds is 3. The van der Waals surface area contributed by atoms with Crippen molar-refractivity contribution in [2.75, 3.05) is 5.32 Å². The van der Waals surface area contributed by atoms with Crippen molar-refractivity contribution in [3.8, 4) is 16.9 Å². The van der Waals surface area contributed by atoms with Gasteiger partial charge < -0.3 is 19.9 Å². The number of para-hydroxylation sites is 1. The van der Waals surface area contributed by atoms with Gasteiger partial charge in [-0.2, -0.15) is 0 Å². The van der Waals surface area contributed by atoms with E-state index in [1.807, 2.05) is 48.5 Å². The lowest BCUT2D eigenvalue weighted by atomic mass is 9.96. The summed E-state index contributed by atoms with van der Waals surface area (Å²) in [6.07, 6.45) is 1.26. The second-order valence-electron chi connectivity index (χ2n) is 7.22. The Morgan fingerprint density at radius 3 is 2.40 bits per heavy atom. The maximum Gasteiger partial charge on any atom is 0.350 e. The Morgan fingerprint density at radius 1 is 0.967 bits per heavy atom. The quantitative estimate of drug-likeness (QED) is 0.316. The Morgan fingerprint density at radius 2 is 1.67 bits per heavy atom. The summed E-state index contributed by atoms with van der Waals surface area (Å²) in [5.74, 6) is -2.74. The molecule has 0 aliphatic carbocycles. The first kappa shape index (κ1) is 20.0. The molecule has 6 nitrogen and oxygen atoms in total. The fourth-order valence-electron chi connectivity index (χ4n) is 3.35. The third-order valence-electron chi connectivity index (χ3n) is 4.67. The molecule has 0 amide bonds. The van der Waals surface area contributed by atoms with Crippen molar-refractivity contribution in [1.29, 1.82) is 0 Å². The van der Waals surface area contributed by atoms with Gasteiger partial charge in [0.1, 0.15) is 5.75 Å². The number of fused-ring (bicyclic) bond motifs is 1. The van der Waals surface area contributed by atoms with Gasteiger partial charge in [-0.3, -0.25) is 0 Å². The predicted molar refractivity (Wildman–Crippen MR) is 117 cm³/mol. The molecule has 1 aliphatic heterocycles. The first-order chi connectivity index (χ1) is 14.3. The van der Waals surface area contributed by atoms with Gasteiger partial charge in [-0.1, -0.05) is 42.5 Å². The molecule has 3 aromatic rings. The monoisotopic (exact) mass is 467 g/mol. The van der Waals surface area contributed by atoms with Gasteiger partial charge in [0.15, 0.2) is 5.57 Å². The van der Waals surface area contributed by atoms with Gasteiger partial charge in [0.2, 0.25) is 0 Å². The number of carbonyl (C=O) groups is 2. The zero-order valence-corrected chi connectivity index (χ0v) is 17.8. The lowest BCUT2D eigenvalue weighted by Crippen LogP contribution is -2.42. The van der Waals surface area contributed by atoms with Crippen molar-refractivity contribution in [2.24, 2.45) is 0 Å². The molecule has 0 bridgehead atoms. The highest BCUT2D eigenvalue weighted by molar-refractivity contribution is 9.10. The fourth-order valence-corrected chi connectivity index (χ4v) is 3.83. The van der Waals surface area contributed by atoms with Crippen LogP contribution >= 0.6 is 15.9 Å². The van der Waals surface area contributed by atoms with Gasteiger partial charge in [0, 0.05) is 35.6 Å². The van der Waals surface area contributed by atoms with Crippen LogP contribution in [0.3, 0.4) is 0 Å². The average Bonchev–Trinajstić information content (AvgIpc) is 2.67. The lowest BCUT2D eigenvalue weighted by molar-refractivity contribution is -0.222. The van der Waals surface area contributed by atoms with Crippen LogP contribution in [0, 0.1) is 0 Å². The maximum absolute atomic E-state index is 12.2. The minimum atomic E-state index is -1.31. The summed E-state index contributed by atoms with van der Waals surface area (Å²) in [6.45, 7) is 2.98. The molecule has 1 heterocycles. The number of ether oxygens (including phenoxy) is 2. The highest BCUT2D eigenvalue weighted by Crippen LogP contribution is 2.42. The number of aromatic hydroxyl groups is 1. The van der Waals surface area contributed by atoms with Gasteiger partial charge in [-0.25, -0.2) is 9.59 Å². The predicted octanol–water partition coefficient (Wildman–Crippen LogP) is 5.11. The van der Waals surface area contributed by atoms with Crippen LogP contribution in [-0.4, -0.2) is 22.8 Å². The van der Waals surface area contributed by atoms with Crippen molar-refractivity contribution in [1.82, 2.24) is 0 Å². The van der Waals surface area contributed by atoms with E-state index in [4.69, 9.17) is 9.47 Å². The summed E-state index contributed by atoms with van der Waals surface area (Å²) in [5, 5.41) is 15.5. The second kappa shape index (κ2) is 7.50. The highest BCUT2D eigenvalue weighted by Gasteiger charge is 2.39. The van der Waals surface area contributed by atoms with Crippen LogP contribution in [0.25, 0.3) is 21.9 Å². The van der Waals surface area contributed by atoms with Crippen LogP contribution in [0.15, 0.2) is 70.8 Å². The van der Waals surface area contributed by atoms with E-state index in [-0.39, 0.29) is 11.3 Å². The number of benzene rings is 3. The Hall–Kier alpha value is -3.32. The van der Waals surface area contributed by atoms with Crippen LogP contribution in [0.5, 0.6) is 5.75 Å². The zero-order chi connectivity index (χ0) is 21.5. The number of esters is 2. The summed E-state index contributed by atoms with van der Waals surface area (Å²) >= 11 is 3.50. The SMILES string of the molecule is CC1(C)OC(=O)C(=CNc2c(Br)cccc2-c2c(O)ccc3ccccc23)C(=O)O1. The lowest BCUT2D eigenvalue weighted by Gasteiger charge is -2.29. The zero-order valence-electron chi connectivity index (χ0n) is 16.2. The van der Waals surface area contributed by atoms with E-state index < -0.39 is 17.7 Å². The Balaban J connectivity index is 1.81.